The number of para-hydroxylation sites is 1. The minimum absolute atomic E-state index is 0.0356. The standard InChI is InChI=1S/C14H18N2O2/c1-10-9-16(6-7-18-10)14(17)12-8-15-13-5-3-2-4-11(12)13/h2-5,10,12,15H,6-9H2,1H3. The molecule has 0 bridgehead atoms. The summed E-state index contributed by atoms with van der Waals surface area (Å²) >= 11 is 0. The first-order chi connectivity index (χ1) is 8.75. The van der Waals surface area contributed by atoms with Crippen LogP contribution in [-0.4, -0.2) is 43.2 Å². The Morgan fingerprint density at radius 3 is 3.11 bits per heavy atom. The number of hydrogen-bond acceptors (Lipinski definition) is 3. The van der Waals surface area contributed by atoms with Crippen molar-refractivity contribution in [3.05, 3.63) is 29.8 Å². The Labute approximate surface area is 107 Å². The fraction of sp³-hybridized carbons (Fsp3) is 0.500. The third-order valence-corrected chi connectivity index (χ3v) is 3.68. The van der Waals surface area contributed by atoms with E-state index in [1.807, 2.05) is 36.1 Å². The van der Waals surface area contributed by atoms with Crippen LogP contribution in [-0.2, 0) is 9.53 Å². The number of fused-ring (bicyclic) bond motifs is 1. The number of carbonyl (C=O) groups excluding carboxylic acids is 1. The second kappa shape index (κ2) is 4.61. The summed E-state index contributed by atoms with van der Waals surface area (Å²) in [6.45, 7) is 4.79. The van der Waals surface area contributed by atoms with Gasteiger partial charge in [0, 0.05) is 25.3 Å². The number of morpholine rings is 1. The van der Waals surface area contributed by atoms with Gasteiger partial charge in [-0.15, -0.1) is 0 Å². The van der Waals surface area contributed by atoms with Gasteiger partial charge in [0.05, 0.1) is 18.6 Å². The Hall–Kier alpha value is -1.55. The lowest BCUT2D eigenvalue weighted by atomic mass is 9.99. The van der Waals surface area contributed by atoms with E-state index in [9.17, 15) is 4.79 Å². The molecule has 2 heterocycles. The molecular weight excluding hydrogens is 228 g/mol. The monoisotopic (exact) mass is 246 g/mol. The maximum absolute atomic E-state index is 12.5. The summed E-state index contributed by atoms with van der Waals surface area (Å²) in [5.74, 6) is 0.189. The molecule has 0 spiro atoms. The van der Waals surface area contributed by atoms with Crippen LogP contribution in [0.5, 0.6) is 0 Å². The number of hydrogen-bond donors (Lipinski definition) is 1. The molecule has 18 heavy (non-hydrogen) atoms. The van der Waals surface area contributed by atoms with E-state index in [0.29, 0.717) is 26.2 Å². The molecule has 1 aromatic carbocycles. The molecule has 1 fully saturated rings. The highest BCUT2D eigenvalue weighted by molar-refractivity contribution is 5.88. The lowest BCUT2D eigenvalue weighted by Gasteiger charge is -2.32. The number of nitrogens with one attached hydrogen (secondary N) is 1. The first kappa shape index (κ1) is 11.5. The molecule has 2 unspecified atom stereocenters. The topological polar surface area (TPSA) is 41.6 Å². The number of ether oxygens (including phenoxy) is 1. The zero-order valence-electron chi connectivity index (χ0n) is 10.6. The van der Waals surface area contributed by atoms with Gasteiger partial charge >= 0.3 is 0 Å². The predicted octanol–water partition coefficient (Wildman–Crippen LogP) is 1.44. The maximum Gasteiger partial charge on any atom is 0.232 e. The van der Waals surface area contributed by atoms with E-state index in [2.05, 4.69) is 5.32 Å². The Balaban J connectivity index is 1.78. The third-order valence-electron chi connectivity index (χ3n) is 3.68. The molecule has 3 rings (SSSR count). The number of nitrogens with zero attached hydrogens (tertiary/aromatic N) is 1. The molecule has 1 N–H and O–H groups in total. The van der Waals surface area contributed by atoms with E-state index in [0.717, 1.165) is 11.3 Å². The van der Waals surface area contributed by atoms with Crippen molar-refractivity contribution >= 4 is 11.6 Å². The summed E-state index contributed by atoms with van der Waals surface area (Å²) in [5, 5.41) is 3.30. The van der Waals surface area contributed by atoms with Crippen LogP contribution in [0.4, 0.5) is 5.69 Å². The number of benzene rings is 1. The van der Waals surface area contributed by atoms with Crippen molar-refractivity contribution in [3.63, 3.8) is 0 Å². The molecule has 1 amide bonds. The van der Waals surface area contributed by atoms with Crippen LogP contribution in [0.15, 0.2) is 24.3 Å². The van der Waals surface area contributed by atoms with Crippen LogP contribution >= 0.6 is 0 Å². The molecular formula is C14H18N2O2. The zero-order chi connectivity index (χ0) is 12.5. The molecule has 2 atom stereocenters. The SMILES string of the molecule is CC1CN(C(=O)C2CNc3ccccc32)CCO1. The number of amides is 1. The van der Waals surface area contributed by atoms with Crippen molar-refractivity contribution in [1.82, 2.24) is 4.90 Å². The molecule has 0 saturated carbocycles. The largest absolute Gasteiger partial charge is 0.384 e. The van der Waals surface area contributed by atoms with Gasteiger partial charge in [-0.3, -0.25) is 4.79 Å². The summed E-state index contributed by atoms with van der Waals surface area (Å²) in [4.78, 5) is 14.5. The summed E-state index contributed by atoms with van der Waals surface area (Å²) in [6.07, 6.45) is 0.146. The Morgan fingerprint density at radius 1 is 1.44 bits per heavy atom. The van der Waals surface area contributed by atoms with E-state index in [4.69, 9.17) is 4.74 Å². The minimum atomic E-state index is -0.0356. The Kier molecular flexibility index (Phi) is 2.96. The van der Waals surface area contributed by atoms with Gasteiger partial charge in [0.25, 0.3) is 0 Å². The molecule has 0 radical (unpaired) electrons. The molecule has 0 aromatic heterocycles. The van der Waals surface area contributed by atoms with Crippen LogP contribution in [0, 0.1) is 0 Å². The van der Waals surface area contributed by atoms with E-state index in [1.165, 1.54) is 0 Å². The molecule has 2 aliphatic heterocycles. The highest BCUT2D eigenvalue weighted by Gasteiger charge is 2.33. The highest BCUT2D eigenvalue weighted by Crippen LogP contribution is 2.32. The van der Waals surface area contributed by atoms with Gasteiger partial charge in [0.2, 0.25) is 5.91 Å². The van der Waals surface area contributed by atoms with Crippen molar-refractivity contribution in [1.29, 1.82) is 0 Å². The fourth-order valence-electron chi connectivity index (χ4n) is 2.74. The van der Waals surface area contributed by atoms with Crippen molar-refractivity contribution in [3.8, 4) is 0 Å². The lowest BCUT2D eigenvalue weighted by Crippen LogP contribution is -2.46. The van der Waals surface area contributed by atoms with E-state index >= 15 is 0 Å². The van der Waals surface area contributed by atoms with Crippen LogP contribution in [0.2, 0.25) is 0 Å². The van der Waals surface area contributed by atoms with Gasteiger partial charge in [-0.05, 0) is 18.6 Å². The quantitative estimate of drug-likeness (QED) is 0.815. The number of anilines is 1. The van der Waals surface area contributed by atoms with Gasteiger partial charge in [-0.25, -0.2) is 0 Å². The average Bonchev–Trinajstić information content (AvgIpc) is 2.82. The van der Waals surface area contributed by atoms with Crippen molar-refractivity contribution in [2.45, 2.75) is 18.9 Å². The normalized spacial score (nSPS) is 26.6. The van der Waals surface area contributed by atoms with Gasteiger partial charge in [-0.2, -0.15) is 0 Å². The minimum Gasteiger partial charge on any atom is -0.384 e. The lowest BCUT2D eigenvalue weighted by molar-refractivity contribution is -0.139. The first-order valence-electron chi connectivity index (χ1n) is 6.49. The summed E-state index contributed by atoms with van der Waals surface area (Å²) in [5.41, 5.74) is 2.22. The highest BCUT2D eigenvalue weighted by atomic mass is 16.5. The third kappa shape index (κ3) is 1.97. The van der Waals surface area contributed by atoms with Crippen LogP contribution in [0.1, 0.15) is 18.4 Å². The summed E-state index contributed by atoms with van der Waals surface area (Å²) < 4.78 is 5.48. The van der Waals surface area contributed by atoms with Crippen LogP contribution in [0.3, 0.4) is 0 Å². The average molecular weight is 246 g/mol. The molecule has 0 aliphatic carbocycles. The number of carbonyl (C=O) groups is 1. The molecule has 4 nitrogen and oxygen atoms in total. The van der Waals surface area contributed by atoms with E-state index in [1.54, 1.807) is 0 Å². The second-order valence-electron chi connectivity index (χ2n) is 4.99. The molecule has 2 aliphatic rings. The van der Waals surface area contributed by atoms with Crippen molar-refractivity contribution < 1.29 is 9.53 Å². The van der Waals surface area contributed by atoms with Gasteiger partial charge < -0.3 is 15.0 Å². The van der Waals surface area contributed by atoms with Gasteiger partial charge in [0.15, 0.2) is 0 Å². The molecule has 4 heteroatoms. The van der Waals surface area contributed by atoms with Crippen LogP contribution < -0.4 is 5.32 Å². The Bertz CT molecular complexity index is 461. The smallest absolute Gasteiger partial charge is 0.232 e. The molecule has 1 aromatic rings. The maximum atomic E-state index is 12.5. The van der Waals surface area contributed by atoms with Crippen molar-refractivity contribution in [2.24, 2.45) is 0 Å². The Morgan fingerprint density at radius 2 is 2.28 bits per heavy atom. The van der Waals surface area contributed by atoms with E-state index in [-0.39, 0.29) is 17.9 Å². The first-order valence-corrected chi connectivity index (χ1v) is 6.49. The summed E-state index contributed by atoms with van der Waals surface area (Å²) in [7, 11) is 0. The van der Waals surface area contributed by atoms with Gasteiger partial charge in [0.1, 0.15) is 0 Å². The fourth-order valence-corrected chi connectivity index (χ4v) is 2.74. The summed E-state index contributed by atoms with van der Waals surface area (Å²) in [6, 6.07) is 8.07. The van der Waals surface area contributed by atoms with Crippen LogP contribution in [0.25, 0.3) is 0 Å². The predicted molar refractivity (Wildman–Crippen MR) is 69.7 cm³/mol. The molecule has 1 saturated heterocycles. The van der Waals surface area contributed by atoms with E-state index < -0.39 is 0 Å². The molecule has 96 valence electrons. The second-order valence-corrected chi connectivity index (χ2v) is 4.99. The zero-order valence-corrected chi connectivity index (χ0v) is 10.6. The van der Waals surface area contributed by atoms with Gasteiger partial charge in [-0.1, -0.05) is 18.2 Å². The number of rotatable bonds is 1. The van der Waals surface area contributed by atoms with Crippen molar-refractivity contribution in [2.75, 3.05) is 31.6 Å².